The molecule has 0 amide bonds. The van der Waals surface area contributed by atoms with Gasteiger partial charge >= 0.3 is 5.97 Å². The number of esters is 1. The molecule has 0 bridgehead atoms. The molecule has 1 atom stereocenters. The normalized spacial score (nSPS) is 20.2. The maximum Gasteiger partial charge on any atom is 0.305 e. The lowest BCUT2D eigenvalue weighted by molar-refractivity contribution is -0.140. The second kappa shape index (κ2) is 6.40. The number of fused-ring (bicyclic) bond motifs is 1. The summed E-state index contributed by atoms with van der Waals surface area (Å²) in [7, 11) is 1.44. The van der Waals surface area contributed by atoms with E-state index in [1.165, 1.54) is 24.7 Å². The van der Waals surface area contributed by atoms with Crippen LogP contribution in [0, 0.1) is 5.41 Å². The molecule has 1 aliphatic carbocycles. The molecule has 1 aliphatic rings. The number of carbonyl (C=O) groups excluding carboxylic acids is 1. The third-order valence-electron chi connectivity index (χ3n) is 4.32. The van der Waals surface area contributed by atoms with E-state index in [2.05, 4.69) is 48.2 Å². The third kappa shape index (κ3) is 3.40. The van der Waals surface area contributed by atoms with E-state index in [0.717, 1.165) is 19.4 Å². The first-order valence-electron chi connectivity index (χ1n) is 7.42. The molecule has 0 fully saturated rings. The van der Waals surface area contributed by atoms with Crippen LogP contribution in [-0.2, 0) is 16.0 Å². The molecule has 0 heterocycles. The molecular weight excluding hydrogens is 250 g/mol. The van der Waals surface area contributed by atoms with E-state index in [9.17, 15) is 4.79 Å². The second-order valence-electron chi connectivity index (χ2n) is 6.25. The number of methoxy groups -OCH3 is 1. The van der Waals surface area contributed by atoms with Crippen LogP contribution in [0.25, 0.3) is 0 Å². The highest BCUT2D eigenvalue weighted by Crippen LogP contribution is 2.43. The van der Waals surface area contributed by atoms with Gasteiger partial charge in [-0.25, -0.2) is 0 Å². The van der Waals surface area contributed by atoms with Gasteiger partial charge in [0.1, 0.15) is 0 Å². The summed E-state index contributed by atoms with van der Waals surface area (Å²) in [6.07, 6.45) is 3.65. The van der Waals surface area contributed by atoms with Gasteiger partial charge in [-0.05, 0) is 42.3 Å². The Labute approximate surface area is 121 Å². The summed E-state index contributed by atoms with van der Waals surface area (Å²) in [4.78, 5) is 11.1. The zero-order valence-electron chi connectivity index (χ0n) is 12.7. The van der Waals surface area contributed by atoms with Crippen molar-refractivity contribution in [1.29, 1.82) is 0 Å². The molecule has 0 radical (unpaired) electrons. The molecule has 1 unspecified atom stereocenters. The Morgan fingerprint density at radius 2 is 2.15 bits per heavy atom. The van der Waals surface area contributed by atoms with E-state index in [1.54, 1.807) is 0 Å². The molecular formula is C17H25NO2. The van der Waals surface area contributed by atoms with Crippen molar-refractivity contribution in [1.82, 2.24) is 5.32 Å². The third-order valence-corrected chi connectivity index (χ3v) is 4.32. The van der Waals surface area contributed by atoms with Crippen LogP contribution in [0.1, 0.15) is 50.3 Å². The van der Waals surface area contributed by atoms with E-state index in [-0.39, 0.29) is 11.4 Å². The van der Waals surface area contributed by atoms with Crippen LogP contribution in [0.4, 0.5) is 0 Å². The minimum atomic E-state index is -0.130. The highest BCUT2D eigenvalue weighted by molar-refractivity contribution is 5.69. The van der Waals surface area contributed by atoms with Crippen molar-refractivity contribution >= 4 is 5.97 Å². The van der Waals surface area contributed by atoms with Gasteiger partial charge < -0.3 is 10.1 Å². The fourth-order valence-electron chi connectivity index (χ4n) is 3.03. The van der Waals surface area contributed by atoms with E-state index in [1.807, 2.05) is 0 Å². The Kier molecular flexibility index (Phi) is 4.81. The Hall–Kier alpha value is -1.35. The van der Waals surface area contributed by atoms with Crippen LogP contribution < -0.4 is 5.32 Å². The molecule has 1 aromatic rings. The SMILES string of the molecule is COC(=O)CCCNC1c2ccccc2CCC1(C)C. The standard InChI is InChI=1S/C17H25NO2/c1-17(2)11-10-13-7-4-5-8-14(13)16(17)18-12-6-9-15(19)20-3/h4-5,7-8,16,18H,6,9-12H2,1-3H3. The summed E-state index contributed by atoms with van der Waals surface area (Å²) in [5.41, 5.74) is 3.12. The van der Waals surface area contributed by atoms with Crippen LogP contribution in [-0.4, -0.2) is 19.6 Å². The van der Waals surface area contributed by atoms with Crippen LogP contribution in [0.2, 0.25) is 0 Å². The molecule has 3 nitrogen and oxygen atoms in total. The number of rotatable bonds is 5. The molecule has 110 valence electrons. The minimum Gasteiger partial charge on any atom is -0.469 e. The number of hydrogen-bond acceptors (Lipinski definition) is 3. The summed E-state index contributed by atoms with van der Waals surface area (Å²) in [5.74, 6) is -0.130. The molecule has 0 saturated carbocycles. The smallest absolute Gasteiger partial charge is 0.305 e. The maximum atomic E-state index is 11.1. The summed E-state index contributed by atoms with van der Waals surface area (Å²) in [5, 5.41) is 3.64. The van der Waals surface area contributed by atoms with Gasteiger partial charge in [-0.1, -0.05) is 38.1 Å². The van der Waals surface area contributed by atoms with Gasteiger partial charge in [-0.2, -0.15) is 0 Å². The number of ether oxygens (including phenoxy) is 1. The first kappa shape index (κ1) is 15.0. The highest BCUT2D eigenvalue weighted by Gasteiger charge is 2.35. The zero-order valence-corrected chi connectivity index (χ0v) is 12.7. The van der Waals surface area contributed by atoms with Crippen LogP contribution in [0.5, 0.6) is 0 Å². The largest absolute Gasteiger partial charge is 0.469 e. The average molecular weight is 275 g/mol. The Balaban J connectivity index is 1.99. The van der Waals surface area contributed by atoms with Gasteiger partial charge in [0.25, 0.3) is 0 Å². The Morgan fingerprint density at radius 3 is 2.90 bits per heavy atom. The second-order valence-corrected chi connectivity index (χ2v) is 6.25. The lowest BCUT2D eigenvalue weighted by Crippen LogP contribution is -2.38. The van der Waals surface area contributed by atoms with Crippen molar-refractivity contribution in [2.24, 2.45) is 5.41 Å². The van der Waals surface area contributed by atoms with Crippen LogP contribution >= 0.6 is 0 Å². The summed E-state index contributed by atoms with van der Waals surface area (Å²) in [6, 6.07) is 9.06. The summed E-state index contributed by atoms with van der Waals surface area (Å²) in [6.45, 7) is 5.49. The Morgan fingerprint density at radius 1 is 1.40 bits per heavy atom. The number of carbonyl (C=O) groups is 1. The minimum absolute atomic E-state index is 0.130. The molecule has 0 saturated heterocycles. The fourth-order valence-corrected chi connectivity index (χ4v) is 3.03. The number of aryl methyl sites for hydroxylation is 1. The summed E-state index contributed by atoms with van der Waals surface area (Å²) < 4.78 is 4.67. The van der Waals surface area contributed by atoms with Crippen molar-refractivity contribution in [3.63, 3.8) is 0 Å². The number of hydrogen-bond donors (Lipinski definition) is 1. The van der Waals surface area contributed by atoms with E-state index >= 15 is 0 Å². The van der Waals surface area contributed by atoms with Gasteiger partial charge in [0.05, 0.1) is 7.11 Å². The van der Waals surface area contributed by atoms with Gasteiger partial charge in [0, 0.05) is 12.5 Å². The van der Waals surface area contributed by atoms with E-state index < -0.39 is 0 Å². The Bertz CT molecular complexity index is 468. The molecule has 2 rings (SSSR count). The van der Waals surface area contributed by atoms with Crippen molar-refractivity contribution in [3.05, 3.63) is 35.4 Å². The van der Waals surface area contributed by atoms with Gasteiger partial charge in [-0.3, -0.25) is 4.79 Å². The molecule has 1 N–H and O–H groups in total. The van der Waals surface area contributed by atoms with Crippen molar-refractivity contribution in [2.45, 2.75) is 45.6 Å². The maximum absolute atomic E-state index is 11.1. The number of benzene rings is 1. The quantitative estimate of drug-likeness (QED) is 0.662. The topological polar surface area (TPSA) is 38.3 Å². The first-order chi connectivity index (χ1) is 9.54. The van der Waals surface area contributed by atoms with Crippen molar-refractivity contribution in [2.75, 3.05) is 13.7 Å². The van der Waals surface area contributed by atoms with Gasteiger partial charge in [0.2, 0.25) is 0 Å². The molecule has 0 aliphatic heterocycles. The molecule has 0 aromatic heterocycles. The monoisotopic (exact) mass is 275 g/mol. The van der Waals surface area contributed by atoms with Crippen LogP contribution in [0.15, 0.2) is 24.3 Å². The van der Waals surface area contributed by atoms with Crippen molar-refractivity contribution < 1.29 is 9.53 Å². The zero-order chi connectivity index (χ0) is 14.6. The van der Waals surface area contributed by atoms with Crippen LogP contribution in [0.3, 0.4) is 0 Å². The predicted molar refractivity (Wildman–Crippen MR) is 80.5 cm³/mol. The molecule has 20 heavy (non-hydrogen) atoms. The molecule has 3 heteroatoms. The van der Waals surface area contributed by atoms with Gasteiger partial charge in [-0.15, -0.1) is 0 Å². The number of nitrogens with one attached hydrogen (secondary N) is 1. The lowest BCUT2D eigenvalue weighted by atomic mass is 9.70. The highest BCUT2D eigenvalue weighted by atomic mass is 16.5. The summed E-state index contributed by atoms with van der Waals surface area (Å²) >= 11 is 0. The molecule has 1 aromatic carbocycles. The molecule has 0 spiro atoms. The fraction of sp³-hybridized carbons (Fsp3) is 0.588. The lowest BCUT2D eigenvalue weighted by Gasteiger charge is -2.40. The van der Waals surface area contributed by atoms with E-state index in [0.29, 0.717) is 12.5 Å². The van der Waals surface area contributed by atoms with Gasteiger partial charge in [0.15, 0.2) is 0 Å². The average Bonchev–Trinajstić information content (AvgIpc) is 2.44. The van der Waals surface area contributed by atoms with E-state index in [4.69, 9.17) is 0 Å². The first-order valence-corrected chi connectivity index (χ1v) is 7.42. The predicted octanol–water partition coefficient (Wildman–Crippen LogP) is 3.24. The van der Waals surface area contributed by atoms with Crippen molar-refractivity contribution in [3.8, 4) is 0 Å².